The highest BCUT2D eigenvalue weighted by molar-refractivity contribution is 7.92. The van der Waals surface area contributed by atoms with E-state index in [2.05, 4.69) is 10.0 Å². The van der Waals surface area contributed by atoms with Crippen molar-refractivity contribution in [3.05, 3.63) is 59.7 Å². The van der Waals surface area contributed by atoms with E-state index in [1.165, 1.54) is 24.3 Å². The minimum atomic E-state index is -3.88. The summed E-state index contributed by atoms with van der Waals surface area (Å²) in [7, 11) is 0.0309. The third-order valence-electron chi connectivity index (χ3n) is 3.72. The molecule has 0 fully saturated rings. The van der Waals surface area contributed by atoms with Crippen LogP contribution in [0.4, 0.5) is 5.69 Å². The number of hydrogen-bond acceptors (Lipinski definition) is 5. The Bertz CT molecular complexity index is 949. The molecule has 27 heavy (non-hydrogen) atoms. The van der Waals surface area contributed by atoms with Crippen LogP contribution in [0.25, 0.3) is 0 Å². The van der Waals surface area contributed by atoms with E-state index in [-0.39, 0.29) is 22.1 Å². The van der Waals surface area contributed by atoms with Gasteiger partial charge in [-0.1, -0.05) is 12.1 Å². The Kier molecular flexibility index (Phi) is 6.93. The van der Waals surface area contributed by atoms with Crippen molar-refractivity contribution in [2.75, 3.05) is 31.9 Å². The van der Waals surface area contributed by atoms with Gasteiger partial charge in [-0.25, -0.2) is 8.42 Å². The average Bonchev–Trinajstić information content (AvgIpc) is 2.65. The van der Waals surface area contributed by atoms with E-state index in [4.69, 9.17) is 5.26 Å². The molecule has 0 saturated heterocycles. The minimum Gasteiger partial charge on any atom is -0.352 e. The Labute approximate surface area is 159 Å². The molecule has 0 aliphatic carbocycles. The Morgan fingerprint density at radius 2 is 1.89 bits per heavy atom. The molecular formula is C19H22N4O3S. The van der Waals surface area contributed by atoms with E-state index in [0.29, 0.717) is 12.1 Å². The Hall–Kier alpha value is -2.89. The van der Waals surface area contributed by atoms with Crippen LogP contribution in [-0.4, -0.2) is 46.4 Å². The predicted molar refractivity (Wildman–Crippen MR) is 104 cm³/mol. The molecule has 0 aliphatic rings. The SMILES string of the molecule is CN(C)CCCNC(=O)c1cccc(S(=O)(=O)Nc2cccc(C#N)c2)c1. The van der Waals surface area contributed by atoms with Crippen LogP contribution in [0.2, 0.25) is 0 Å². The molecule has 0 radical (unpaired) electrons. The van der Waals surface area contributed by atoms with E-state index < -0.39 is 10.0 Å². The summed E-state index contributed by atoms with van der Waals surface area (Å²) in [6, 6.07) is 14.0. The standard InChI is InChI=1S/C19H22N4O3S/c1-23(2)11-5-10-21-19(24)16-7-4-9-18(13-16)27(25,26)22-17-8-3-6-15(12-17)14-20/h3-4,6-9,12-13,22H,5,10-11H2,1-2H3,(H,21,24). The number of sulfonamides is 1. The quantitative estimate of drug-likeness (QED) is 0.676. The van der Waals surface area contributed by atoms with E-state index in [9.17, 15) is 13.2 Å². The molecule has 0 aliphatic heterocycles. The van der Waals surface area contributed by atoms with Crippen molar-refractivity contribution in [1.29, 1.82) is 5.26 Å². The van der Waals surface area contributed by atoms with Crippen molar-refractivity contribution >= 4 is 21.6 Å². The number of carbonyl (C=O) groups excluding carboxylic acids is 1. The summed E-state index contributed by atoms with van der Waals surface area (Å²) < 4.78 is 27.6. The summed E-state index contributed by atoms with van der Waals surface area (Å²) in [5.41, 5.74) is 0.905. The molecular weight excluding hydrogens is 364 g/mol. The van der Waals surface area contributed by atoms with Gasteiger partial charge in [-0.2, -0.15) is 5.26 Å². The molecule has 2 N–H and O–H groups in total. The first-order valence-electron chi connectivity index (χ1n) is 8.38. The molecule has 2 aromatic rings. The van der Waals surface area contributed by atoms with Crippen LogP contribution in [0, 0.1) is 11.3 Å². The molecule has 0 bridgehead atoms. The third kappa shape index (κ3) is 6.09. The van der Waals surface area contributed by atoms with Crippen LogP contribution in [0.5, 0.6) is 0 Å². The zero-order valence-corrected chi connectivity index (χ0v) is 16.1. The van der Waals surface area contributed by atoms with Crippen LogP contribution < -0.4 is 10.0 Å². The molecule has 8 heteroatoms. The highest BCUT2D eigenvalue weighted by Crippen LogP contribution is 2.18. The predicted octanol–water partition coefficient (Wildman–Crippen LogP) is 2.04. The second-order valence-electron chi connectivity index (χ2n) is 6.24. The first-order valence-corrected chi connectivity index (χ1v) is 9.86. The summed E-state index contributed by atoms with van der Waals surface area (Å²) in [5, 5.41) is 11.7. The summed E-state index contributed by atoms with van der Waals surface area (Å²) in [5.74, 6) is -0.322. The van der Waals surface area contributed by atoms with Gasteiger partial charge in [-0.3, -0.25) is 9.52 Å². The first kappa shape index (κ1) is 20.4. The largest absolute Gasteiger partial charge is 0.352 e. The summed E-state index contributed by atoms with van der Waals surface area (Å²) in [4.78, 5) is 14.2. The molecule has 0 aromatic heterocycles. The van der Waals surface area contributed by atoms with Crippen molar-refractivity contribution in [3.8, 4) is 6.07 Å². The fraction of sp³-hybridized carbons (Fsp3) is 0.263. The maximum atomic E-state index is 12.6. The maximum Gasteiger partial charge on any atom is 0.261 e. The number of nitrogens with one attached hydrogen (secondary N) is 2. The summed E-state index contributed by atoms with van der Waals surface area (Å²) in [6.45, 7) is 1.35. The Morgan fingerprint density at radius 3 is 2.59 bits per heavy atom. The molecule has 0 unspecified atom stereocenters. The maximum absolute atomic E-state index is 12.6. The van der Waals surface area contributed by atoms with Crippen LogP contribution >= 0.6 is 0 Å². The van der Waals surface area contributed by atoms with Crippen molar-refractivity contribution < 1.29 is 13.2 Å². The second-order valence-corrected chi connectivity index (χ2v) is 7.92. The van der Waals surface area contributed by atoms with Gasteiger partial charge in [0.15, 0.2) is 0 Å². The minimum absolute atomic E-state index is 0.0224. The number of amides is 1. The lowest BCUT2D eigenvalue weighted by atomic mass is 10.2. The number of nitrogens with zero attached hydrogens (tertiary/aromatic N) is 2. The number of benzene rings is 2. The van der Waals surface area contributed by atoms with Crippen LogP contribution in [-0.2, 0) is 10.0 Å². The van der Waals surface area contributed by atoms with Crippen molar-refractivity contribution in [1.82, 2.24) is 10.2 Å². The molecule has 2 aromatic carbocycles. The number of anilines is 1. The van der Waals surface area contributed by atoms with Gasteiger partial charge in [0.1, 0.15) is 0 Å². The molecule has 2 rings (SSSR count). The number of hydrogen-bond donors (Lipinski definition) is 2. The average molecular weight is 386 g/mol. The van der Waals surface area contributed by atoms with Gasteiger partial charge in [-0.15, -0.1) is 0 Å². The van der Waals surface area contributed by atoms with Crippen LogP contribution in [0.15, 0.2) is 53.4 Å². The number of rotatable bonds is 8. The van der Waals surface area contributed by atoms with E-state index in [1.54, 1.807) is 24.3 Å². The Morgan fingerprint density at radius 1 is 1.15 bits per heavy atom. The van der Waals surface area contributed by atoms with Crippen LogP contribution in [0.1, 0.15) is 22.3 Å². The molecule has 1 amide bonds. The normalized spacial score (nSPS) is 11.0. The van der Waals surface area contributed by atoms with E-state index in [1.807, 2.05) is 25.1 Å². The second kappa shape index (κ2) is 9.16. The molecule has 7 nitrogen and oxygen atoms in total. The first-order chi connectivity index (χ1) is 12.8. The van der Waals surface area contributed by atoms with Gasteiger partial charge in [0.2, 0.25) is 0 Å². The summed E-state index contributed by atoms with van der Waals surface area (Å²) >= 11 is 0. The van der Waals surface area contributed by atoms with Crippen molar-refractivity contribution in [2.24, 2.45) is 0 Å². The van der Waals surface area contributed by atoms with Gasteiger partial charge in [-0.05, 0) is 63.5 Å². The lowest BCUT2D eigenvalue weighted by molar-refractivity contribution is 0.0952. The van der Waals surface area contributed by atoms with Gasteiger partial charge in [0.05, 0.1) is 22.2 Å². The lowest BCUT2D eigenvalue weighted by Crippen LogP contribution is -2.27. The number of carbonyl (C=O) groups is 1. The fourth-order valence-corrected chi connectivity index (χ4v) is 3.47. The van der Waals surface area contributed by atoms with Crippen molar-refractivity contribution in [2.45, 2.75) is 11.3 Å². The third-order valence-corrected chi connectivity index (χ3v) is 5.10. The molecule has 0 heterocycles. The highest BCUT2D eigenvalue weighted by Gasteiger charge is 2.16. The molecule has 0 spiro atoms. The monoisotopic (exact) mass is 386 g/mol. The summed E-state index contributed by atoms with van der Waals surface area (Å²) in [6.07, 6.45) is 0.799. The number of nitriles is 1. The van der Waals surface area contributed by atoms with Crippen LogP contribution in [0.3, 0.4) is 0 Å². The topological polar surface area (TPSA) is 102 Å². The van der Waals surface area contributed by atoms with Gasteiger partial charge in [0, 0.05) is 12.1 Å². The van der Waals surface area contributed by atoms with Gasteiger partial charge in [0.25, 0.3) is 15.9 Å². The Balaban J connectivity index is 2.10. The molecule has 0 atom stereocenters. The van der Waals surface area contributed by atoms with Gasteiger partial charge < -0.3 is 10.2 Å². The zero-order valence-electron chi connectivity index (χ0n) is 15.3. The van der Waals surface area contributed by atoms with E-state index >= 15 is 0 Å². The van der Waals surface area contributed by atoms with Gasteiger partial charge >= 0.3 is 0 Å². The fourth-order valence-electron chi connectivity index (χ4n) is 2.37. The van der Waals surface area contributed by atoms with E-state index in [0.717, 1.165) is 13.0 Å². The van der Waals surface area contributed by atoms with Crippen molar-refractivity contribution in [3.63, 3.8) is 0 Å². The smallest absolute Gasteiger partial charge is 0.261 e. The zero-order chi connectivity index (χ0) is 19.9. The molecule has 0 saturated carbocycles. The molecule has 142 valence electrons. The highest BCUT2D eigenvalue weighted by atomic mass is 32.2. The lowest BCUT2D eigenvalue weighted by Gasteiger charge is -2.11.